The molecular formula is C23H18ClN3O4S. The van der Waals surface area contributed by atoms with Gasteiger partial charge in [0, 0.05) is 16.0 Å². The molecule has 162 valence electrons. The highest BCUT2D eigenvalue weighted by atomic mass is 35.5. The molecule has 0 saturated carbocycles. The standard InChI is InChI=1S/C23H18ClN3O4S/c1-15(22-13-16-6-2-3-11-21(16)31-22)25-26-23(28)17-7-4-10-20(12-17)32(29,30)27-19-9-5-8-18(24)14-19/h2-14,25,27H,1H2,(H,26,28). The van der Waals surface area contributed by atoms with E-state index in [0.717, 1.165) is 5.39 Å². The van der Waals surface area contributed by atoms with Gasteiger partial charge in [0.05, 0.1) is 16.3 Å². The number of carbonyl (C=O) groups excluding carboxylic acids is 1. The van der Waals surface area contributed by atoms with Crippen molar-refractivity contribution in [3.05, 3.63) is 102 Å². The maximum Gasteiger partial charge on any atom is 0.269 e. The van der Waals surface area contributed by atoms with E-state index in [-0.39, 0.29) is 10.5 Å². The van der Waals surface area contributed by atoms with Crippen LogP contribution >= 0.6 is 11.6 Å². The van der Waals surface area contributed by atoms with E-state index in [1.807, 2.05) is 24.3 Å². The number of nitrogens with one attached hydrogen (secondary N) is 3. The Hall–Kier alpha value is -3.75. The van der Waals surface area contributed by atoms with Crippen LogP contribution in [0.5, 0.6) is 0 Å². The second-order valence-electron chi connectivity index (χ2n) is 6.85. The number of fused-ring (bicyclic) bond motifs is 1. The Morgan fingerprint density at radius 2 is 1.69 bits per heavy atom. The van der Waals surface area contributed by atoms with E-state index in [4.69, 9.17) is 16.0 Å². The minimum Gasteiger partial charge on any atom is -0.454 e. The van der Waals surface area contributed by atoms with Gasteiger partial charge in [0.1, 0.15) is 5.58 Å². The molecule has 3 N–H and O–H groups in total. The van der Waals surface area contributed by atoms with Crippen LogP contribution < -0.4 is 15.6 Å². The van der Waals surface area contributed by atoms with Gasteiger partial charge in [-0.25, -0.2) is 8.42 Å². The van der Waals surface area contributed by atoms with Crippen LogP contribution in [-0.4, -0.2) is 14.3 Å². The fourth-order valence-electron chi connectivity index (χ4n) is 2.97. The van der Waals surface area contributed by atoms with Crippen LogP contribution in [-0.2, 0) is 10.0 Å². The molecule has 0 bridgehead atoms. The summed E-state index contributed by atoms with van der Waals surface area (Å²) in [6, 6.07) is 21.3. The van der Waals surface area contributed by atoms with Gasteiger partial charge in [-0.1, -0.05) is 48.5 Å². The Bertz CT molecular complexity index is 1400. The Morgan fingerprint density at radius 3 is 2.47 bits per heavy atom. The number of hydrogen-bond acceptors (Lipinski definition) is 5. The summed E-state index contributed by atoms with van der Waals surface area (Å²) < 4.78 is 33.5. The van der Waals surface area contributed by atoms with Gasteiger partial charge in [0.15, 0.2) is 5.76 Å². The van der Waals surface area contributed by atoms with Gasteiger partial charge in [-0.3, -0.25) is 20.4 Å². The second-order valence-corrected chi connectivity index (χ2v) is 8.97. The number of sulfonamides is 1. The molecule has 0 saturated heterocycles. The highest BCUT2D eigenvalue weighted by molar-refractivity contribution is 7.92. The lowest BCUT2D eigenvalue weighted by Crippen LogP contribution is -2.35. The van der Waals surface area contributed by atoms with Crippen LogP contribution in [0.1, 0.15) is 16.1 Å². The van der Waals surface area contributed by atoms with Gasteiger partial charge in [-0.15, -0.1) is 0 Å². The summed E-state index contributed by atoms with van der Waals surface area (Å²) in [5, 5.41) is 1.30. The van der Waals surface area contributed by atoms with E-state index in [9.17, 15) is 13.2 Å². The van der Waals surface area contributed by atoms with Gasteiger partial charge >= 0.3 is 0 Å². The molecule has 7 nitrogen and oxygen atoms in total. The number of rotatable bonds is 7. The normalized spacial score (nSPS) is 11.2. The smallest absolute Gasteiger partial charge is 0.269 e. The third kappa shape index (κ3) is 4.77. The summed E-state index contributed by atoms with van der Waals surface area (Å²) in [4.78, 5) is 12.5. The Balaban J connectivity index is 1.45. The van der Waals surface area contributed by atoms with Crippen LogP contribution in [0.3, 0.4) is 0 Å². The lowest BCUT2D eigenvalue weighted by atomic mass is 10.2. The van der Waals surface area contributed by atoms with Gasteiger partial charge in [-0.05, 0) is 48.5 Å². The van der Waals surface area contributed by atoms with Crippen molar-refractivity contribution < 1.29 is 17.6 Å². The Morgan fingerprint density at radius 1 is 0.906 bits per heavy atom. The average molecular weight is 468 g/mol. The number of carbonyl (C=O) groups is 1. The van der Waals surface area contributed by atoms with E-state index < -0.39 is 15.9 Å². The fraction of sp³-hybridized carbons (Fsp3) is 0. The van der Waals surface area contributed by atoms with Crippen LogP contribution in [0.2, 0.25) is 5.02 Å². The first-order valence-electron chi connectivity index (χ1n) is 9.44. The minimum absolute atomic E-state index is 0.0683. The Labute approximate surface area is 189 Å². The number of para-hydroxylation sites is 1. The van der Waals surface area contributed by atoms with Crippen molar-refractivity contribution in [3.63, 3.8) is 0 Å². The van der Waals surface area contributed by atoms with Gasteiger partial charge in [0.25, 0.3) is 15.9 Å². The third-order valence-electron chi connectivity index (χ3n) is 4.53. The van der Waals surface area contributed by atoms with Crippen LogP contribution in [0.25, 0.3) is 16.7 Å². The molecule has 0 atom stereocenters. The molecule has 9 heteroatoms. The predicted octanol–water partition coefficient (Wildman–Crippen LogP) is 4.79. The first-order valence-corrected chi connectivity index (χ1v) is 11.3. The molecule has 3 aromatic carbocycles. The lowest BCUT2D eigenvalue weighted by molar-refractivity contribution is 0.0942. The molecule has 0 radical (unpaired) electrons. The quantitative estimate of drug-likeness (QED) is 0.339. The highest BCUT2D eigenvalue weighted by Crippen LogP contribution is 2.22. The van der Waals surface area contributed by atoms with Gasteiger partial charge < -0.3 is 4.42 Å². The molecule has 4 aromatic rings. The van der Waals surface area contributed by atoms with E-state index in [2.05, 4.69) is 22.2 Å². The molecule has 4 rings (SSSR count). The first-order chi connectivity index (χ1) is 15.3. The topological polar surface area (TPSA) is 100 Å². The van der Waals surface area contributed by atoms with E-state index in [0.29, 0.717) is 27.8 Å². The van der Waals surface area contributed by atoms with Gasteiger partial charge in [-0.2, -0.15) is 0 Å². The molecule has 1 amide bonds. The molecule has 0 aliphatic rings. The van der Waals surface area contributed by atoms with Gasteiger partial charge in [0.2, 0.25) is 0 Å². The summed E-state index contributed by atoms with van der Waals surface area (Å²) >= 11 is 5.91. The lowest BCUT2D eigenvalue weighted by Gasteiger charge is -2.11. The number of amides is 1. The largest absolute Gasteiger partial charge is 0.454 e. The van der Waals surface area contributed by atoms with Crippen molar-refractivity contribution in [2.75, 3.05) is 4.72 Å². The molecule has 1 aromatic heterocycles. The van der Waals surface area contributed by atoms with Crippen molar-refractivity contribution in [3.8, 4) is 0 Å². The van der Waals surface area contributed by atoms with Crippen molar-refractivity contribution in [2.24, 2.45) is 0 Å². The summed E-state index contributed by atoms with van der Waals surface area (Å²) in [6.07, 6.45) is 0. The zero-order chi connectivity index (χ0) is 22.7. The average Bonchev–Trinajstić information content (AvgIpc) is 3.21. The molecular weight excluding hydrogens is 450 g/mol. The van der Waals surface area contributed by atoms with E-state index >= 15 is 0 Å². The SMILES string of the molecule is C=C(NNC(=O)c1cccc(S(=O)(=O)Nc2cccc(Cl)c2)c1)c1cc2ccccc2o1. The molecule has 0 fully saturated rings. The number of hydrogen-bond donors (Lipinski definition) is 3. The number of halogens is 1. The second kappa shape index (κ2) is 8.78. The van der Waals surface area contributed by atoms with Crippen molar-refractivity contribution in [1.82, 2.24) is 10.9 Å². The highest BCUT2D eigenvalue weighted by Gasteiger charge is 2.17. The summed E-state index contributed by atoms with van der Waals surface area (Å²) in [5.41, 5.74) is 6.69. The maximum absolute atomic E-state index is 12.7. The van der Waals surface area contributed by atoms with E-state index in [1.54, 1.807) is 24.3 Å². The van der Waals surface area contributed by atoms with Crippen LogP contribution in [0.4, 0.5) is 5.69 Å². The molecule has 0 spiro atoms. The molecule has 0 unspecified atom stereocenters. The van der Waals surface area contributed by atoms with Crippen LogP contribution in [0, 0.1) is 0 Å². The zero-order valence-corrected chi connectivity index (χ0v) is 18.2. The molecule has 0 aliphatic carbocycles. The minimum atomic E-state index is -3.92. The summed E-state index contributed by atoms with van der Waals surface area (Å²) in [7, 11) is -3.92. The summed E-state index contributed by atoms with van der Waals surface area (Å²) in [5.74, 6) is -0.0735. The van der Waals surface area contributed by atoms with Crippen molar-refractivity contribution in [2.45, 2.75) is 4.90 Å². The number of furan rings is 1. The predicted molar refractivity (Wildman–Crippen MR) is 125 cm³/mol. The fourth-order valence-corrected chi connectivity index (χ4v) is 4.25. The van der Waals surface area contributed by atoms with Crippen molar-refractivity contribution in [1.29, 1.82) is 0 Å². The number of hydrazine groups is 1. The monoisotopic (exact) mass is 467 g/mol. The summed E-state index contributed by atoms with van der Waals surface area (Å²) in [6.45, 7) is 3.86. The molecule has 0 aliphatic heterocycles. The maximum atomic E-state index is 12.7. The number of benzene rings is 3. The van der Waals surface area contributed by atoms with Crippen LogP contribution in [0.15, 0.2) is 94.8 Å². The van der Waals surface area contributed by atoms with Crippen molar-refractivity contribution >= 4 is 49.9 Å². The van der Waals surface area contributed by atoms with E-state index in [1.165, 1.54) is 30.3 Å². The Kier molecular flexibility index (Phi) is 5.89. The zero-order valence-electron chi connectivity index (χ0n) is 16.6. The first kappa shape index (κ1) is 21.5. The molecule has 1 heterocycles. The third-order valence-corrected chi connectivity index (χ3v) is 6.15. The number of anilines is 1. The molecule has 32 heavy (non-hydrogen) atoms.